The summed E-state index contributed by atoms with van der Waals surface area (Å²) in [5, 5.41) is 3.86. The maximum atomic E-state index is 13.2. The summed E-state index contributed by atoms with van der Waals surface area (Å²) in [7, 11) is -3.66. The average Bonchev–Trinajstić information content (AvgIpc) is 2.84. The zero-order valence-corrected chi connectivity index (χ0v) is 21.9. The lowest BCUT2D eigenvalue weighted by Crippen LogP contribution is -2.46. The van der Waals surface area contributed by atoms with Crippen LogP contribution < -0.4 is 5.32 Å². The van der Waals surface area contributed by atoms with Crippen LogP contribution >= 0.6 is 23.2 Å². The van der Waals surface area contributed by atoms with Crippen LogP contribution in [0, 0.1) is 5.92 Å². The van der Waals surface area contributed by atoms with Gasteiger partial charge in [0, 0.05) is 28.7 Å². The lowest BCUT2D eigenvalue weighted by molar-refractivity contribution is -0.126. The number of hydrogen-bond acceptors (Lipinski definition) is 3. The van der Waals surface area contributed by atoms with E-state index in [1.807, 2.05) is 0 Å². The minimum absolute atomic E-state index is 0.0753. The Morgan fingerprint density at radius 1 is 1.09 bits per heavy atom. The number of sulfonamides is 1. The molecule has 0 bridgehead atoms. The van der Waals surface area contributed by atoms with Gasteiger partial charge in [-0.05, 0) is 73.8 Å². The molecule has 184 valence electrons. The topological polar surface area (TPSA) is 66.5 Å². The first-order valence-corrected chi connectivity index (χ1v) is 14.5. The van der Waals surface area contributed by atoms with Crippen LogP contribution in [0.25, 0.3) is 0 Å². The highest BCUT2D eigenvalue weighted by Crippen LogP contribution is 2.30. The van der Waals surface area contributed by atoms with Crippen molar-refractivity contribution in [2.75, 3.05) is 13.1 Å². The first-order valence-electron chi connectivity index (χ1n) is 12.1. The number of rotatable bonds is 7. The SMILES string of the molecule is CCC(NC(=O)C1CCCN(S(=O)(=O)Cc2c(Cl)cccc2Cl)C1)c1ccc2c(c1)CCCC2. The second kappa shape index (κ2) is 11.0. The number of nitrogens with one attached hydrogen (secondary N) is 1. The number of halogens is 2. The van der Waals surface area contributed by atoms with Crippen molar-refractivity contribution in [3.63, 3.8) is 0 Å². The minimum atomic E-state index is -3.66. The van der Waals surface area contributed by atoms with Crippen molar-refractivity contribution in [1.82, 2.24) is 9.62 Å². The van der Waals surface area contributed by atoms with Crippen LogP contribution in [0.5, 0.6) is 0 Å². The second-order valence-corrected chi connectivity index (χ2v) is 12.1. The summed E-state index contributed by atoms with van der Waals surface area (Å²) in [4.78, 5) is 13.2. The molecule has 1 aliphatic heterocycles. The highest BCUT2D eigenvalue weighted by atomic mass is 35.5. The van der Waals surface area contributed by atoms with Gasteiger partial charge in [-0.15, -0.1) is 0 Å². The van der Waals surface area contributed by atoms with E-state index >= 15 is 0 Å². The summed E-state index contributed by atoms with van der Waals surface area (Å²) < 4.78 is 27.7. The average molecular weight is 524 g/mol. The van der Waals surface area contributed by atoms with E-state index in [2.05, 4.69) is 30.4 Å². The molecule has 2 aliphatic rings. The van der Waals surface area contributed by atoms with Gasteiger partial charge in [-0.1, -0.05) is 54.4 Å². The molecule has 1 heterocycles. The third-order valence-electron chi connectivity index (χ3n) is 7.04. The number of nitrogens with zero attached hydrogens (tertiary/aromatic N) is 1. The lowest BCUT2D eigenvalue weighted by atomic mass is 9.88. The molecule has 1 fully saturated rings. The first kappa shape index (κ1) is 25.5. The molecule has 4 rings (SSSR count). The van der Waals surface area contributed by atoms with Crippen molar-refractivity contribution >= 4 is 39.1 Å². The van der Waals surface area contributed by atoms with Crippen LogP contribution in [0.1, 0.15) is 67.3 Å². The lowest BCUT2D eigenvalue weighted by Gasteiger charge is -2.32. The summed E-state index contributed by atoms with van der Waals surface area (Å²) in [6.45, 7) is 2.64. The Hall–Kier alpha value is -1.60. The normalized spacial score (nSPS) is 19.9. The number of hydrogen-bond donors (Lipinski definition) is 1. The quantitative estimate of drug-likeness (QED) is 0.508. The number of piperidine rings is 1. The van der Waals surface area contributed by atoms with Gasteiger partial charge < -0.3 is 5.32 Å². The van der Waals surface area contributed by atoms with E-state index in [1.54, 1.807) is 18.2 Å². The fraction of sp³-hybridized carbons (Fsp3) is 0.500. The molecule has 8 heteroatoms. The predicted molar refractivity (Wildman–Crippen MR) is 138 cm³/mol. The van der Waals surface area contributed by atoms with Crippen LogP contribution in [0.4, 0.5) is 0 Å². The summed E-state index contributed by atoms with van der Waals surface area (Å²) in [5.41, 5.74) is 4.34. The smallest absolute Gasteiger partial charge is 0.224 e. The molecular weight excluding hydrogens is 491 g/mol. The molecule has 2 atom stereocenters. The zero-order valence-electron chi connectivity index (χ0n) is 19.5. The van der Waals surface area contributed by atoms with Crippen molar-refractivity contribution in [3.05, 3.63) is 68.7 Å². The van der Waals surface area contributed by atoms with Gasteiger partial charge in [0.15, 0.2) is 0 Å². The Kier molecular flexibility index (Phi) is 8.24. The van der Waals surface area contributed by atoms with Crippen molar-refractivity contribution in [2.24, 2.45) is 5.92 Å². The van der Waals surface area contributed by atoms with E-state index in [0.717, 1.165) is 24.8 Å². The van der Waals surface area contributed by atoms with E-state index in [9.17, 15) is 13.2 Å². The molecule has 0 spiro atoms. The molecule has 5 nitrogen and oxygen atoms in total. The van der Waals surface area contributed by atoms with Crippen LogP contribution in [-0.2, 0) is 33.4 Å². The van der Waals surface area contributed by atoms with Crippen molar-refractivity contribution < 1.29 is 13.2 Å². The first-order chi connectivity index (χ1) is 16.3. The third kappa shape index (κ3) is 5.78. The Labute approximate surface area is 212 Å². The summed E-state index contributed by atoms with van der Waals surface area (Å²) in [6.07, 6.45) is 6.78. The number of amides is 1. The molecule has 0 aromatic heterocycles. The van der Waals surface area contributed by atoms with Crippen LogP contribution in [0.15, 0.2) is 36.4 Å². The van der Waals surface area contributed by atoms with Gasteiger partial charge in [0.05, 0.1) is 17.7 Å². The molecule has 1 saturated heterocycles. The highest BCUT2D eigenvalue weighted by Gasteiger charge is 2.34. The predicted octanol–water partition coefficient (Wildman–Crippen LogP) is 5.68. The van der Waals surface area contributed by atoms with Gasteiger partial charge in [-0.2, -0.15) is 0 Å². The van der Waals surface area contributed by atoms with E-state index in [-0.39, 0.29) is 30.2 Å². The Morgan fingerprint density at radius 3 is 2.50 bits per heavy atom. The summed E-state index contributed by atoms with van der Waals surface area (Å²) >= 11 is 12.4. The minimum Gasteiger partial charge on any atom is -0.349 e. The molecule has 34 heavy (non-hydrogen) atoms. The van der Waals surface area contributed by atoms with Crippen LogP contribution in [-0.4, -0.2) is 31.7 Å². The Balaban J connectivity index is 1.43. The summed E-state index contributed by atoms with van der Waals surface area (Å²) in [5.74, 6) is -0.732. The molecule has 1 N–H and O–H groups in total. The Morgan fingerprint density at radius 2 is 1.79 bits per heavy atom. The van der Waals surface area contributed by atoms with Gasteiger partial charge >= 0.3 is 0 Å². The van der Waals surface area contributed by atoms with Crippen molar-refractivity contribution in [2.45, 2.75) is 63.7 Å². The number of carbonyl (C=O) groups is 1. The molecular formula is C26H32Cl2N2O3S. The highest BCUT2D eigenvalue weighted by molar-refractivity contribution is 7.88. The van der Waals surface area contributed by atoms with Gasteiger partial charge in [0.25, 0.3) is 0 Å². The molecule has 2 unspecified atom stereocenters. The zero-order chi connectivity index (χ0) is 24.3. The summed E-state index contributed by atoms with van der Waals surface area (Å²) in [6, 6.07) is 11.5. The van der Waals surface area contributed by atoms with E-state index in [4.69, 9.17) is 23.2 Å². The molecule has 0 saturated carbocycles. The van der Waals surface area contributed by atoms with Gasteiger partial charge in [0.2, 0.25) is 15.9 Å². The molecule has 0 radical (unpaired) electrons. The van der Waals surface area contributed by atoms with Gasteiger partial charge in [-0.25, -0.2) is 12.7 Å². The molecule has 2 aromatic carbocycles. The third-order valence-corrected chi connectivity index (χ3v) is 9.52. The maximum Gasteiger partial charge on any atom is 0.224 e. The Bertz CT molecular complexity index is 1130. The molecule has 1 amide bonds. The van der Waals surface area contributed by atoms with Gasteiger partial charge in [-0.3, -0.25) is 4.79 Å². The maximum absolute atomic E-state index is 13.2. The number of benzene rings is 2. The van der Waals surface area contributed by atoms with Gasteiger partial charge in [0.1, 0.15) is 0 Å². The monoisotopic (exact) mass is 522 g/mol. The molecule has 2 aromatic rings. The van der Waals surface area contributed by atoms with Crippen molar-refractivity contribution in [1.29, 1.82) is 0 Å². The fourth-order valence-electron chi connectivity index (χ4n) is 5.03. The largest absolute Gasteiger partial charge is 0.349 e. The van der Waals surface area contributed by atoms with Crippen LogP contribution in [0.2, 0.25) is 10.0 Å². The fourth-order valence-corrected chi connectivity index (χ4v) is 7.40. The number of fused-ring (bicyclic) bond motifs is 1. The van der Waals surface area contributed by atoms with E-state index in [0.29, 0.717) is 35.0 Å². The molecule has 1 aliphatic carbocycles. The standard InChI is InChI=1S/C26H32Cl2N2O3S/c1-2-25(20-13-12-18-7-3-4-8-19(18)15-20)29-26(31)21-9-6-14-30(16-21)34(32,33)17-22-23(27)10-5-11-24(22)28/h5,10-13,15,21,25H,2-4,6-9,14,16-17H2,1H3,(H,29,31). The van der Waals surface area contributed by atoms with Crippen molar-refractivity contribution in [3.8, 4) is 0 Å². The van der Waals surface area contributed by atoms with E-state index < -0.39 is 10.0 Å². The number of aryl methyl sites for hydroxylation is 2. The number of carbonyl (C=O) groups excluding carboxylic acids is 1. The van der Waals surface area contributed by atoms with E-state index in [1.165, 1.54) is 28.3 Å². The van der Waals surface area contributed by atoms with Crippen LogP contribution in [0.3, 0.4) is 0 Å². The second-order valence-electron chi connectivity index (χ2n) is 9.36.